The van der Waals surface area contributed by atoms with Gasteiger partial charge in [0, 0.05) is 31.4 Å². The van der Waals surface area contributed by atoms with E-state index in [4.69, 9.17) is 4.99 Å². The van der Waals surface area contributed by atoms with Crippen LogP contribution in [0, 0.1) is 6.92 Å². The number of nitrogens with one attached hydrogen (secondary N) is 2. The summed E-state index contributed by atoms with van der Waals surface area (Å²) >= 11 is 0. The lowest BCUT2D eigenvalue weighted by atomic mass is 10.1. The van der Waals surface area contributed by atoms with Crippen LogP contribution < -0.4 is 15.5 Å². The molecule has 29 heavy (non-hydrogen) atoms. The molecular weight excluding hydrogens is 477 g/mol. The first-order chi connectivity index (χ1) is 13.7. The lowest BCUT2D eigenvalue weighted by Crippen LogP contribution is -2.48. The van der Waals surface area contributed by atoms with Gasteiger partial charge in [0.15, 0.2) is 5.96 Å². The standard InChI is InChI=1S/C22H31N5O.HI/c1-3-23-22(24-15-18-8-4-5-9-19(18)16-28)26-20-11-13-27(14-12-20)21-10-6-7-17(2)25-21;/h4-10,20,28H,3,11-16H2,1-2H3,(H2,23,24,26);1H. The summed E-state index contributed by atoms with van der Waals surface area (Å²) in [6.07, 6.45) is 2.10. The van der Waals surface area contributed by atoms with Gasteiger partial charge in [-0.1, -0.05) is 30.3 Å². The number of halogens is 1. The highest BCUT2D eigenvalue weighted by Crippen LogP contribution is 2.18. The number of aliphatic hydroxyl groups is 1. The van der Waals surface area contributed by atoms with E-state index in [2.05, 4.69) is 39.6 Å². The van der Waals surface area contributed by atoms with E-state index in [1.165, 1.54) is 0 Å². The molecule has 0 bridgehead atoms. The maximum atomic E-state index is 9.49. The van der Waals surface area contributed by atoms with Crippen molar-refractivity contribution in [1.82, 2.24) is 15.6 Å². The first-order valence-electron chi connectivity index (χ1n) is 10.1. The third-order valence-electron chi connectivity index (χ3n) is 5.07. The van der Waals surface area contributed by atoms with Crippen molar-refractivity contribution in [2.45, 2.75) is 45.9 Å². The zero-order valence-corrected chi connectivity index (χ0v) is 19.6. The van der Waals surface area contributed by atoms with Crippen LogP contribution in [0.25, 0.3) is 0 Å². The molecule has 0 saturated carbocycles. The highest BCUT2D eigenvalue weighted by molar-refractivity contribution is 14.0. The minimum absolute atomic E-state index is 0. The van der Waals surface area contributed by atoms with Gasteiger partial charge in [0.2, 0.25) is 0 Å². The predicted molar refractivity (Wildman–Crippen MR) is 130 cm³/mol. The Hall–Kier alpha value is -1.87. The number of rotatable bonds is 6. The fraction of sp³-hybridized carbons (Fsp3) is 0.455. The van der Waals surface area contributed by atoms with E-state index >= 15 is 0 Å². The van der Waals surface area contributed by atoms with E-state index in [-0.39, 0.29) is 30.6 Å². The van der Waals surface area contributed by atoms with Gasteiger partial charge in [0.05, 0.1) is 13.2 Å². The molecular formula is C22H32IN5O. The van der Waals surface area contributed by atoms with Gasteiger partial charge in [-0.3, -0.25) is 0 Å². The first-order valence-corrected chi connectivity index (χ1v) is 10.1. The summed E-state index contributed by atoms with van der Waals surface area (Å²) in [6.45, 7) is 7.50. The average Bonchev–Trinajstić information content (AvgIpc) is 2.73. The molecule has 158 valence electrons. The van der Waals surface area contributed by atoms with Crippen molar-refractivity contribution in [2.75, 3.05) is 24.5 Å². The van der Waals surface area contributed by atoms with Crippen molar-refractivity contribution in [3.63, 3.8) is 0 Å². The highest BCUT2D eigenvalue weighted by Gasteiger charge is 2.21. The van der Waals surface area contributed by atoms with Crippen LogP contribution in [0.15, 0.2) is 47.5 Å². The Kier molecular flexibility index (Phi) is 9.66. The van der Waals surface area contributed by atoms with Gasteiger partial charge in [-0.25, -0.2) is 9.98 Å². The van der Waals surface area contributed by atoms with Crippen LogP contribution >= 0.6 is 24.0 Å². The molecule has 1 aromatic carbocycles. The summed E-state index contributed by atoms with van der Waals surface area (Å²) in [4.78, 5) is 11.7. The average molecular weight is 509 g/mol. The van der Waals surface area contributed by atoms with Gasteiger partial charge >= 0.3 is 0 Å². The second-order valence-corrected chi connectivity index (χ2v) is 7.16. The van der Waals surface area contributed by atoms with Gasteiger partial charge in [0.25, 0.3) is 0 Å². The first kappa shape index (κ1) is 23.4. The number of nitrogens with zero attached hydrogens (tertiary/aromatic N) is 3. The number of hydrogen-bond donors (Lipinski definition) is 3. The molecule has 0 amide bonds. The van der Waals surface area contributed by atoms with Crippen LogP contribution in [0.4, 0.5) is 5.82 Å². The van der Waals surface area contributed by atoms with E-state index in [9.17, 15) is 5.11 Å². The van der Waals surface area contributed by atoms with E-state index < -0.39 is 0 Å². The molecule has 1 aromatic heterocycles. The molecule has 7 heteroatoms. The summed E-state index contributed by atoms with van der Waals surface area (Å²) in [5.74, 6) is 1.90. The fourth-order valence-electron chi connectivity index (χ4n) is 3.50. The monoisotopic (exact) mass is 509 g/mol. The Morgan fingerprint density at radius 1 is 1.14 bits per heavy atom. The van der Waals surface area contributed by atoms with Crippen LogP contribution in [-0.2, 0) is 13.2 Å². The number of anilines is 1. The molecule has 1 aliphatic rings. The fourth-order valence-corrected chi connectivity index (χ4v) is 3.50. The van der Waals surface area contributed by atoms with Crippen LogP contribution in [0.5, 0.6) is 0 Å². The van der Waals surface area contributed by atoms with Crippen LogP contribution in [0.3, 0.4) is 0 Å². The van der Waals surface area contributed by atoms with E-state index in [0.717, 1.165) is 61.1 Å². The van der Waals surface area contributed by atoms with Crippen LogP contribution in [0.2, 0.25) is 0 Å². The summed E-state index contributed by atoms with van der Waals surface area (Å²) in [5, 5.41) is 16.4. The maximum absolute atomic E-state index is 9.49. The van der Waals surface area contributed by atoms with E-state index in [0.29, 0.717) is 12.6 Å². The van der Waals surface area contributed by atoms with Gasteiger partial charge in [-0.2, -0.15) is 0 Å². The lowest BCUT2D eigenvalue weighted by molar-refractivity contribution is 0.280. The van der Waals surface area contributed by atoms with E-state index in [1.807, 2.05) is 37.3 Å². The molecule has 2 aromatic rings. The van der Waals surface area contributed by atoms with Crippen molar-refractivity contribution in [2.24, 2.45) is 4.99 Å². The number of aromatic nitrogens is 1. The molecule has 6 nitrogen and oxygen atoms in total. The Morgan fingerprint density at radius 3 is 2.52 bits per heavy atom. The van der Waals surface area contributed by atoms with Gasteiger partial charge in [-0.15, -0.1) is 24.0 Å². The third kappa shape index (κ3) is 6.85. The lowest BCUT2D eigenvalue weighted by Gasteiger charge is -2.34. The van der Waals surface area contributed by atoms with Crippen molar-refractivity contribution in [3.8, 4) is 0 Å². The third-order valence-corrected chi connectivity index (χ3v) is 5.07. The Labute approximate surface area is 190 Å². The van der Waals surface area contributed by atoms with Crippen molar-refractivity contribution in [1.29, 1.82) is 0 Å². The van der Waals surface area contributed by atoms with Crippen LogP contribution in [-0.4, -0.2) is 41.7 Å². The summed E-state index contributed by atoms with van der Waals surface area (Å²) in [7, 11) is 0. The highest BCUT2D eigenvalue weighted by atomic mass is 127. The topological polar surface area (TPSA) is 72.8 Å². The zero-order chi connectivity index (χ0) is 19.8. The minimum atomic E-state index is 0. The SMILES string of the molecule is CCNC(=NCc1ccccc1CO)NC1CCN(c2cccc(C)n2)CC1.I. The van der Waals surface area contributed by atoms with E-state index in [1.54, 1.807) is 0 Å². The van der Waals surface area contributed by atoms with Gasteiger partial charge in [-0.05, 0) is 49.9 Å². The Morgan fingerprint density at radius 2 is 1.86 bits per heavy atom. The largest absolute Gasteiger partial charge is 0.392 e. The summed E-state index contributed by atoms with van der Waals surface area (Å²) in [5.41, 5.74) is 3.05. The van der Waals surface area contributed by atoms with Crippen LogP contribution in [0.1, 0.15) is 36.6 Å². The number of aliphatic hydroxyl groups excluding tert-OH is 1. The number of hydrogen-bond acceptors (Lipinski definition) is 4. The molecule has 0 atom stereocenters. The number of aryl methyl sites for hydroxylation is 1. The van der Waals surface area contributed by atoms with Crippen molar-refractivity contribution < 1.29 is 5.11 Å². The molecule has 3 N–H and O–H groups in total. The summed E-state index contributed by atoms with van der Waals surface area (Å²) in [6, 6.07) is 14.5. The molecule has 0 spiro atoms. The Bertz CT molecular complexity index is 790. The maximum Gasteiger partial charge on any atom is 0.191 e. The Balaban J connectivity index is 0.00000300. The molecule has 2 heterocycles. The molecule has 0 unspecified atom stereocenters. The number of guanidine groups is 1. The smallest absolute Gasteiger partial charge is 0.191 e. The quantitative estimate of drug-likeness (QED) is 0.317. The zero-order valence-electron chi connectivity index (χ0n) is 17.3. The number of benzene rings is 1. The van der Waals surface area contributed by atoms with Gasteiger partial charge in [0.1, 0.15) is 5.82 Å². The number of piperidine rings is 1. The number of aliphatic imine (C=N–C) groups is 1. The normalized spacial score (nSPS) is 15.0. The van der Waals surface area contributed by atoms with Gasteiger partial charge < -0.3 is 20.6 Å². The second-order valence-electron chi connectivity index (χ2n) is 7.16. The molecule has 0 radical (unpaired) electrons. The molecule has 1 fully saturated rings. The number of pyridine rings is 1. The minimum Gasteiger partial charge on any atom is -0.392 e. The van der Waals surface area contributed by atoms with Crippen molar-refractivity contribution in [3.05, 3.63) is 59.3 Å². The summed E-state index contributed by atoms with van der Waals surface area (Å²) < 4.78 is 0. The molecule has 3 rings (SSSR count). The second kappa shape index (κ2) is 12.0. The predicted octanol–water partition coefficient (Wildman–Crippen LogP) is 3.22. The van der Waals surface area contributed by atoms with Crippen molar-refractivity contribution >= 4 is 35.8 Å². The molecule has 1 saturated heterocycles. The molecule has 0 aliphatic carbocycles. The molecule has 1 aliphatic heterocycles.